The van der Waals surface area contributed by atoms with E-state index < -0.39 is 46.8 Å². The van der Waals surface area contributed by atoms with Gasteiger partial charge in [0.2, 0.25) is 11.8 Å². The van der Waals surface area contributed by atoms with Crippen LogP contribution in [0.2, 0.25) is 0 Å². The topological polar surface area (TPSA) is 241 Å². The molecule has 0 fully saturated rings. The maximum atomic E-state index is 13.2. The lowest BCUT2D eigenvalue weighted by Crippen LogP contribution is -2.35. The summed E-state index contributed by atoms with van der Waals surface area (Å²) in [6.07, 6.45) is -6.44. The van der Waals surface area contributed by atoms with E-state index in [9.17, 15) is 35.9 Å². The number of fused-ring (bicyclic) bond motifs is 2. The number of hydrogen-bond donors (Lipinski definition) is 4. The third-order valence-electron chi connectivity index (χ3n) is 11.0. The Morgan fingerprint density at radius 3 is 1.20 bits per heavy atom. The van der Waals surface area contributed by atoms with Crippen molar-refractivity contribution in [3.05, 3.63) is 109 Å². The van der Waals surface area contributed by atoms with E-state index in [1.807, 2.05) is 0 Å². The largest absolute Gasteiger partial charge is 0.493 e. The molecule has 0 saturated carbocycles. The highest BCUT2D eigenvalue weighted by molar-refractivity contribution is 6.00. The van der Waals surface area contributed by atoms with Crippen molar-refractivity contribution in [2.45, 2.75) is 50.9 Å². The molecule has 0 spiro atoms. The molecule has 75 heavy (non-hydrogen) atoms. The molecule has 4 amide bonds. The molecular weight excluding hydrogens is 1030 g/mol. The lowest BCUT2D eigenvalue weighted by atomic mass is 9.89. The van der Waals surface area contributed by atoms with Gasteiger partial charge in [-0.25, -0.2) is 29.5 Å². The minimum absolute atomic E-state index is 0. The fraction of sp³-hybridized carbons (Fsp3) is 0.250. The van der Waals surface area contributed by atoms with Gasteiger partial charge < -0.3 is 48.1 Å². The number of hydrogen-bond acceptors (Lipinski definition) is 16. The van der Waals surface area contributed by atoms with Crippen LogP contribution in [0.3, 0.4) is 0 Å². The lowest BCUT2D eigenvalue weighted by molar-refractivity contribution is -0.186. The van der Waals surface area contributed by atoms with E-state index >= 15 is 0 Å². The van der Waals surface area contributed by atoms with Crippen molar-refractivity contribution in [1.29, 1.82) is 0 Å². The van der Waals surface area contributed by atoms with Gasteiger partial charge in [0.15, 0.2) is 46.2 Å². The molecule has 0 atom stereocenters. The van der Waals surface area contributed by atoms with Crippen LogP contribution in [0.15, 0.2) is 107 Å². The minimum Gasteiger partial charge on any atom is -0.493 e. The Bertz CT molecular complexity index is 3100. The fourth-order valence-electron chi connectivity index (χ4n) is 6.47. The van der Waals surface area contributed by atoms with Gasteiger partial charge in [0, 0.05) is 47.8 Å². The molecule has 4 aromatic carbocycles. The van der Waals surface area contributed by atoms with E-state index in [1.54, 1.807) is 60.7 Å². The molecule has 8 rings (SSSR count). The van der Waals surface area contributed by atoms with E-state index in [0.29, 0.717) is 67.7 Å². The highest BCUT2D eigenvalue weighted by Crippen LogP contribution is 2.43. The zero-order chi connectivity index (χ0) is 53.6. The zero-order valence-electron chi connectivity index (χ0n) is 40.7. The summed E-state index contributed by atoms with van der Waals surface area (Å²) < 4.78 is 122. The van der Waals surface area contributed by atoms with E-state index in [1.165, 1.54) is 53.2 Å². The first kappa shape index (κ1) is 55.5. The Morgan fingerprint density at radius 2 is 0.853 bits per heavy atom. The summed E-state index contributed by atoms with van der Waals surface area (Å²) >= 11 is 0. The third kappa shape index (κ3) is 12.7. The zero-order valence-corrected chi connectivity index (χ0v) is 41.5. The second-order valence-corrected chi connectivity index (χ2v) is 16.6. The molecule has 0 radical (unpaired) electrons. The fourth-order valence-corrected chi connectivity index (χ4v) is 6.47. The Hall–Kier alpha value is -8.81. The van der Waals surface area contributed by atoms with Crippen LogP contribution in [0.1, 0.15) is 39.2 Å². The second kappa shape index (κ2) is 22.5. The van der Waals surface area contributed by atoms with Crippen molar-refractivity contribution in [2.24, 2.45) is 0 Å². The van der Waals surface area contributed by atoms with E-state index in [4.69, 9.17) is 37.5 Å². The van der Waals surface area contributed by atoms with Gasteiger partial charge in [-0.2, -0.15) is 26.3 Å². The maximum absolute atomic E-state index is 13.2. The molecule has 0 bridgehead atoms. The van der Waals surface area contributed by atoms with Crippen molar-refractivity contribution < 1.29 is 73.4 Å². The van der Waals surface area contributed by atoms with Crippen LogP contribution in [-0.2, 0) is 10.8 Å². The number of carbonyl (C=O) groups is 2. The van der Waals surface area contributed by atoms with Crippen molar-refractivity contribution in [3.63, 3.8) is 0 Å². The molecule has 0 aliphatic rings. The molecule has 0 unspecified atom stereocenters. The van der Waals surface area contributed by atoms with Gasteiger partial charge in [-0.3, -0.25) is 10.6 Å². The summed E-state index contributed by atoms with van der Waals surface area (Å²) in [6, 6.07) is 20.2. The van der Waals surface area contributed by atoms with E-state index in [-0.39, 0.29) is 35.8 Å². The van der Waals surface area contributed by atoms with Crippen LogP contribution in [-0.4, -0.2) is 83.1 Å². The van der Waals surface area contributed by atoms with Gasteiger partial charge in [-0.05, 0) is 64.1 Å². The average molecular weight is 1070 g/mol. The number of methoxy groups -OCH3 is 4. The summed E-state index contributed by atoms with van der Waals surface area (Å²) in [5.41, 5.74) is -2.74. The van der Waals surface area contributed by atoms with Gasteiger partial charge in [0.05, 0.1) is 50.2 Å². The van der Waals surface area contributed by atoms with Crippen LogP contribution in [0, 0.1) is 0 Å². The number of rotatable bonds is 14. The average Bonchev–Trinajstić information content (AvgIpc) is 4.04. The van der Waals surface area contributed by atoms with Crippen LogP contribution in [0.4, 0.5) is 58.9 Å². The Morgan fingerprint density at radius 1 is 0.493 bits per heavy atom. The number of urea groups is 2. The molecule has 27 heteroatoms. The van der Waals surface area contributed by atoms with Crippen molar-refractivity contribution >= 4 is 69.3 Å². The number of ether oxygens (including phenoxy) is 6. The number of nitrogens with one attached hydrogen (secondary N) is 4. The molecule has 20 nitrogen and oxygen atoms in total. The van der Waals surface area contributed by atoms with E-state index in [2.05, 4.69) is 51.5 Å². The normalized spacial score (nSPS) is 11.6. The molecule has 0 aliphatic heterocycles. The summed E-state index contributed by atoms with van der Waals surface area (Å²) in [6.45, 7) is 3.82. The predicted octanol–water partition coefficient (Wildman–Crippen LogP) is 12.2. The predicted molar refractivity (Wildman–Crippen MR) is 262 cm³/mol. The number of amides is 4. The van der Waals surface area contributed by atoms with Gasteiger partial charge in [0.25, 0.3) is 0 Å². The number of halogens is 7. The molecule has 4 aromatic heterocycles. The number of nitrogens with zero attached hydrogens (tertiary/aromatic N) is 6. The van der Waals surface area contributed by atoms with Crippen LogP contribution in [0.25, 0.3) is 21.8 Å². The molecule has 4 heterocycles. The quantitative estimate of drug-likeness (QED) is 0.0740. The summed E-state index contributed by atoms with van der Waals surface area (Å²) in [4.78, 5) is 41.6. The van der Waals surface area contributed by atoms with Gasteiger partial charge >= 0.3 is 24.4 Å². The summed E-state index contributed by atoms with van der Waals surface area (Å²) in [7, 11) is 6.04. The monoisotopic (exact) mass is 1070 g/mol. The number of anilines is 4. The number of alkyl halides is 6. The Labute approximate surface area is 427 Å². The Balaban J connectivity index is 0.000000241. The Kier molecular flexibility index (Phi) is 16.7. The lowest BCUT2D eigenvalue weighted by Gasteiger charge is -2.24. The SMILES string of the molecule is COc1cc2ncnc(Oc3cccc(NC(=O)Nc4cc(C(C)(C)C(F)(F)F)on4)c3)c2cc1OC.COc1cc2ncnc(Oc3cccc(NC(=O)Nc4cc(C(C)(C)C(F)(F)F)on4)c3)c2cc1OC.Cl. The highest BCUT2D eigenvalue weighted by Gasteiger charge is 2.52. The smallest absolute Gasteiger partial charge is 0.401 e. The van der Waals surface area contributed by atoms with Crippen LogP contribution < -0.4 is 49.7 Å². The molecule has 0 saturated heterocycles. The van der Waals surface area contributed by atoms with E-state index in [0.717, 1.165) is 39.8 Å². The molecule has 8 aromatic rings. The van der Waals surface area contributed by atoms with Crippen molar-refractivity contribution in [2.75, 3.05) is 49.7 Å². The number of benzene rings is 4. The third-order valence-corrected chi connectivity index (χ3v) is 11.0. The first-order valence-electron chi connectivity index (χ1n) is 21.6. The van der Waals surface area contributed by atoms with Crippen LogP contribution in [0.5, 0.6) is 46.3 Å². The van der Waals surface area contributed by atoms with Gasteiger partial charge in [-0.15, -0.1) is 12.4 Å². The second-order valence-electron chi connectivity index (χ2n) is 16.6. The summed E-state index contributed by atoms with van der Waals surface area (Å²) in [5.74, 6) is 1.91. The van der Waals surface area contributed by atoms with Crippen LogP contribution >= 0.6 is 12.4 Å². The molecule has 0 aliphatic carbocycles. The van der Waals surface area contributed by atoms with Gasteiger partial charge in [-0.1, -0.05) is 22.4 Å². The standard InChI is InChI=1S/2C24H22F3N5O5.ClH/c2*1-23(2,24(25,26)27)19-11-20(32-37-19)31-22(33)30-13-6-5-7-14(8-13)36-21-15-9-17(34-3)18(35-4)10-16(15)28-12-29-21;/h2*5-12H,1-4H3,(H2,30,31,32,33);1H. The summed E-state index contributed by atoms with van der Waals surface area (Å²) in [5, 5.41) is 17.9. The minimum atomic E-state index is -4.56. The molecule has 4 N–H and O–H groups in total. The van der Waals surface area contributed by atoms with Crippen molar-refractivity contribution in [1.82, 2.24) is 30.2 Å². The highest BCUT2D eigenvalue weighted by atomic mass is 35.5. The van der Waals surface area contributed by atoms with Gasteiger partial charge in [0.1, 0.15) is 35.0 Å². The molecule has 396 valence electrons. The number of aromatic nitrogens is 6. The first-order valence-corrected chi connectivity index (χ1v) is 21.6. The first-order chi connectivity index (χ1) is 35.0. The molecular formula is C48H45ClF6N10O10. The maximum Gasteiger partial charge on any atom is 0.401 e. The van der Waals surface area contributed by atoms with Crippen molar-refractivity contribution in [3.8, 4) is 46.3 Å². The number of carbonyl (C=O) groups excluding carboxylic acids is 2.